The number of aromatic nitrogens is 4. The van der Waals surface area contributed by atoms with Gasteiger partial charge in [0.05, 0.1) is 34.8 Å². The van der Waals surface area contributed by atoms with Crippen LogP contribution in [-0.2, 0) is 18.9 Å². The lowest BCUT2D eigenvalue weighted by molar-refractivity contribution is -0.0109. The Labute approximate surface area is 185 Å². The third-order valence-corrected chi connectivity index (χ3v) is 5.54. The van der Waals surface area contributed by atoms with Crippen LogP contribution in [0.25, 0.3) is 11.0 Å². The summed E-state index contributed by atoms with van der Waals surface area (Å²) in [5, 5.41) is 7.47. The number of hydrogen-bond donors (Lipinski definition) is 3. The first kappa shape index (κ1) is 21.9. The van der Waals surface area contributed by atoms with Gasteiger partial charge in [-0.15, -0.1) is 11.3 Å². The lowest BCUT2D eigenvalue weighted by Gasteiger charge is -2.14. The van der Waals surface area contributed by atoms with Crippen LogP contribution in [0.15, 0.2) is 48.0 Å². The van der Waals surface area contributed by atoms with Crippen molar-refractivity contribution in [1.82, 2.24) is 30.6 Å². The van der Waals surface area contributed by atoms with E-state index >= 15 is 0 Å². The summed E-state index contributed by atoms with van der Waals surface area (Å²) in [7, 11) is 0. The number of carbonyl (C=O) groups is 1. The van der Waals surface area contributed by atoms with Crippen molar-refractivity contribution in [2.24, 2.45) is 0 Å². The number of nitrogens with zero attached hydrogens (tertiary/aromatic N) is 3. The monoisotopic (exact) mass is 460 g/mol. The number of imidazole rings is 1. The van der Waals surface area contributed by atoms with Gasteiger partial charge in [-0.25, -0.2) is 14.4 Å². The minimum atomic E-state index is -3.16. The van der Waals surface area contributed by atoms with Crippen molar-refractivity contribution in [2.45, 2.75) is 18.9 Å². The highest BCUT2D eigenvalue weighted by Gasteiger charge is 2.34. The van der Waals surface area contributed by atoms with Gasteiger partial charge < -0.3 is 15.6 Å². The summed E-state index contributed by atoms with van der Waals surface area (Å²) in [4.78, 5) is 26.9. The second-order valence-corrected chi connectivity index (χ2v) is 7.92. The van der Waals surface area contributed by atoms with E-state index in [1.807, 2.05) is 0 Å². The Hall–Kier alpha value is -3.31. The second kappa shape index (κ2) is 9.45. The van der Waals surface area contributed by atoms with Gasteiger partial charge in [-0.3, -0.25) is 9.78 Å². The molecule has 0 radical (unpaired) electrons. The van der Waals surface area contributed by atoms with Gasteiger partial charge in [-0.05, 0) is 24.3 Å². The molecule has 1 aromatic carbocycles. The number of thiazole rings is 1. The number of pyridine rings is 1. The van der Waals surface area contributed by atoms with E-state index in [9.17, 15) is 18.0 Å². The van der Waals surface area contributed by atoms with Crippen LogP contribution in [0, 0.1) is 5.82 Å². The van der Waals surface area contributed by atoms with Crippen LogP contribution in [0.2, 0.25) is 0 Å². The van der Waals surface area contributed by atoms with Crippen molar-refractivity contribution in [3.63, 3.8) is 0 Å². The van der Waals surface area contributed by atoms with Crippen LogP contribution in [0.5, 0.6) is 0 Å². The zero-order valence-corrected chi connectivity index (χ0v) is 17.6. The Bertz CT molecular complexity index is 1190. The maximum Gasteiger partial charge on any atom is 0.316 e. The average molecular weight is 460 g/mol. The summed E-state index contributed by atoms with van der Waals surface area (Å²) in [5.41, 5.74) is 1.36. The number of rotatable bonds is 9. The van der Waals surface area contributed by atoms with E-state index in [2.05, 4.69) is 30.6 Å². The number of hydrogen-bond acceptors (Lipinski definition) is 6. The van der Waals surface area contributed by atoms with Gasteiger partial charge in [-0.2, -0.15) is 8.78 Å². The molecule has 32 heavy (non-hydrogen) atoms. The number of fused-ring (bicyclic) bond motifs is 1. The predicted octanol–water partition coefficient (Wildman–Crippen LogP) is 3.41. The third kappa shape index (κ3) is 5.11. The number of carbonyl (C=O) groups excluding carboxylic acids is 1. The van der Waals surface area contributed by atoms with Crippen molar-refractivity contribution in [1.29, 1.82) is 0 Å². The van der Waals surface area contributed by atoms with Crippen molar-refractivity contribution < 1.29 is 18.0 Å². The molecule has 166 valence electrons. The quantitative estimate of drug-likeness (QED) is 0.333. The number of nitrogens with one attached hydrogen (secondary N) is 3. The molecule has 0 aliphatic rings. The van der Waals surface area contributed by atoms with E-state index in [4.69, 9.17) is 0 Å². The first-order chi connectivity index (χ1) is 15.4. The van der Waals surface area contributed by atoms with Crippen LogP contribution in [0.4, 0.5) is 13.2 Å². The fraction of sp³-hybridized carbons (Fsp3) is 0.238. The van der Waals surface area contributed by atoms with Crippen LogP contribution in [-0.4, -0.2) is 38.9 Å². The number of benzene rings is 1. The normalized spacial score (nSPS) is 11.7. The van der Waals surface area contributed by atoms with Gasteiger partial charge in [0.2, 0.25) is 0 Å². The first-order valence-corrected chi connectivity index (χ1v) is 10.7. The number of aromatic amines is 1. The van der Waals surface area contributed by atoms with Gasteiger partial charge in [0.25, 0.3) is 5.91 Å². The minimum Gasteiger partial charge on any atom is -0.345 e. The Balaban J connectivity index is 1.25. The van der Waals surface area contributed by atoms with Crippen molar-refractivity contribution in [3.05, 3.63) is 76.0 Å². The lowest BCUT2D eigenvalue weighted by atomic mass is 10.3. The molecular weight excluding hydrogens is 441 g/mol. The predicted molar refractivity (Wildman–Crippen MR) is 114 cm³/mol. The van der Waals surface area contributed by atoms with Gasteiger partial charge in [0.1, 0.15) is 11.5 Å². The van der Waals surface area contributed by atoms with Gasteiger partial charge >= 0.3 is 5.92 Å². The standard InChI is InChI=1S/C21H19F3N6OS/c22-13-4-3-8-26-16(13)10-27-19(31)17-11-32-18(28-17)7-9-25-12-21(23,24)20-29-14-5-1-2-6-15(14)30-20/h1-6,8,11,25H,7,9-10,12H2,(H,27,31)(H,29,30). The van der Waals surface area contributed by atoms with E-state index < -0.39 is 24.2 Å². The summed E-state index contributed by atoms with van der Waals surface area (Å²) >= 11 is 1.25. The maximum atomic E-state index is 14.4. The lowest BCUT2D eigenvalue weighted by Crippen LogP contribution is -2.32. The van der Waals surface area contributed by atoms with Crippen LogP contribution < -0.4 is 10.6 Å². The van der Waals surface area contributed by atoms with Crippen LogP contribution in [0.1, 0.15) is 27.0 Å². The number of alkyl halides is 2. The molecular formula is C21H19F3N6OS. The molecule has 11 heteroatoms. The van der Waals surface area contributed by atoms with E-state index in [0.717, 1.165) is 0 Å². The molecule has 0 atom stereocenters. The zero-order chi connectivity index (χ0) is 22.6. The molecule has 0 aliphatic heterocycles. The van der Waals surface area contributed by atoms with Gasteiger partial charge in [0.15, 0.2) is 5.82 Å². The molecule has 3 aromatic heterocycles. The highest BCUT2D eigenvalue weighted by atomic mass is 32.1. The molecule has 7 nitrogen and oxygen atoms in total. The Morgan fingerprint density at radius 1 is 1.16 bits per heavy atom. The molecule has 1 amide bonds. The molecule has 3 heterocycles. The van der Waals surface area contributed by atoms with E-state index in [1.54, 1.807) is 29.6 Å². The van der Waals surface area contributed by atoms with Crippen molar-refractivity contribution in [2.75, 3.05) is 13.1 Å². The van der Waals surface area contributed by atoms with E-state index in [1.165, 1.54) is 29.7 Å². The topological polar surface area (TPSA) is 95.6 Å². The molecule has 0 bridgehead atoms. The zero-order valence-electron chi connectivity index (χ0n) is 16.7. The number of H-pyrrole nitrogens is 1. The molecule has 0 unspecified atom stereocenters. The highest BCUT2D eigenvalue weighted by molar-refractivity contribution is 7.09. The largest absolute Gasteiger partial charge is 0.345 e. The van der Waals surface area contributed by atoms with Crippen molar-refractivity contribution in [3.8, 4) is 0 Å². The second-order valence-electron chi connectivity index (χ2n) is 6.97. The highest BCUT2D eigenvalue weighted by Crippen LogP contribution is 2.26. The number of para-hydroxylation sites is 2. The molecule has 0 fully saturated rings. The van der Waals surface area contributed by atoms with Crippen LogP contribution in [0.3, 0.4) is 0 Å². The summed E-state index contributed by atoms with van der Waals surface area (Å²) < 4.78 is 42.4. The average Bonchev–Trinajstić information content (AvgIpc) is 3.44. The van der Waals surface area contributed by atoms with E-state index in [0.29, 0.717) is 22.5 Å². The Morgan fingerprint density at radius 2 is 2.00 bits per heavy atom. The van der Waals surface area contributed by atoms with Crippen molar-refractivity contribution >= 4 is 28.3 Å². The van der Waals surface area contributed by atoms with E-state index in [-0.39, 0.29) is 30.3 Å². The maximum absolute atomic E-state index is 14.4. The molecule has 0 saturated carbocycles. The molecule has 4 rings (SSSR count). The fourth-order valence-electron chi connectivity index (χ4n) is 2.98. The molecule has 4 aromatic rings. The minimum absolute atomic E-state index is 0.0587. The smallest absolute Gasteiger partial charge is 0.316 e. The summed E-state index contributed by atoms with van der Waals surface area (Å²) in [6.45, 7) is -0.387. The molecule has 3 N–H and O–H groups in total. The van der Waals surface area contributed by atoms with Gasteiger partial charge in [0, 0.05) is 24.5 Å². The third-order valence-electron chi connectivity index (χ3n) is 4.63. The molecule has 0 aliphatic carbocycles. The first-order valence-electron chi connectivity index (χ1n) is 9.78. The van der Waals surface area contributed by atoms with Crippen LogP contribution >= 0.6 is 11.3 Å². The molecule has 0 spiro atoms. The Kier molecular flexibility index (Phi) is 6.47. The van der Waals surface area contributed by atoms with Gasteiger partial charge in [-0.1, -0.05) is 12.1 Å². The SMILES string of the molecule is O=C(NCc1ncccc1F)c1csc(CCNCC(F)(F)c2nc3ccccc3[nH]2)n1. The summed E-state index contributed by atoms with van der Waals surface area (Å²) in [6.07, 6.45) is 1.82. The number of halogens is 3. The Morgan fingerprint density at radius 3 is 2.81 bits per heavy atom. The fourth-order valence-corrected chi connectivity index (χ4v) is 3.76. The summed E-state index contributed by atoms with van der Waals surface area (Å²) in [6, 6.07) is 9.58. The molecule has 0 saturated heterocycles. The number of amides is 1. The summed E-state index contributed by atoms with van der Waals surface area (Å²) in [5.74, 6) is -4.50.